The van der Waals surface area contributed by atoms with Crippen LogP contribution in [0.15, 0.2) is 72.9 Å². The highest BCUT2D eigenvalue weighted by molar-refractivity contribution is 6.35. The Morgan fingerprint density at radius 1 is 0.923 bits per heavy atom. The zero-order chi connectivity index (χ0) is 27.7. The summed E-state index contributed by atoms with van der Waals surface area (Å²) < 4.78 is 52.5. The highest BCUT2D eigenvalue weighted by atomic mass is 19.4. The number of aryl methyl sites for hydroxylation is 1. The minimum atomic E-state index is -4.76. The number of urea groups is 1. The molecule has 0 aliphatic carbocycles. The molecule has 3 aromatic carbocycles. The van der Waals surface area contributed by atoms with Gasteiger partial charge in [0.25, 0.3) is 5.91 Å². The van der Waals surface area contributed by atoms with Crippen LogP contribution in [0.4, 0.5) is 50.8 Å². The van der Waals surface area contributed by atoms with Gasteiger partial charge in [0, 0.05) is 40.2 Å². The number of hydrogen-bond acceptors (Lipinski definition) is 3. The normalized spacial score (nSPS) is 13.7. The Balaban J connectivity index is 1.30. The number of anilines is 5. The van der Waals surface area contributed by atoms with E-state index in [9.17, 15) is 27.2 Å². The summed E-state index contributed by atoms with van der Waals surface area (Å²) in [5.41, 5.74) is 3.70. The fourth-order valence-corrected chi connectivity index (χ4v) is 4.11. The van der Waals surface area contributed by atoms with Gasteiger partial charge in [-0.25, -0.2) is 9.18 Å². The van der Waals surface area contributed by atoms with E-state index in [0.717, 1.165) is 22.9 Å². The van der Waals surface area contributed by atoms with Crippen LogP contribution in [0.3, 0.4) is 0 Å². The third-order valence-electron chi connectivity index (χ3n) is 5.98. The highest BCUT2D eigenvalue weighted by Crippen LogP contribution is 2.36. The first kappa shape index (κ1) is 25.6. The predicted octanol–water partition coefficient (Wildman–Crippen LogP) is 7.36. The van der Waals surface area contributed by atoms with Gasteiger partial charge in [-0.05, 0) is 73.2 Å². The second-order valence-electron chi connectivity index (χ2n) is 8.86. The van der Waals surface area contributed by atoms with Crippen molar-refractivity contribution in [2.75, 3.05) is 21.3 Å². The molecule has 2 heterocycles. The van der Waals surface area contributed by atoms with Crippen LogP contribution >= 0.6 is 0 Å². The second kappa shape index (κ2) is 10.0. The number of nitrogens with one attached hydrogen (secondary N) is 5. The molecule has 0 spiro atoms. The number of halogens is 4. The molecule has 0 atom stereocenters. The smallest absolute Gasteiger partial charge is 0.362 e. The fourth-order valence-electron chi connectivity index (χ4n) is 4.11. The Morgan fingerprint density at radius 3 is 2.44 bits per heavy atom. The topological polar surface area (TPSA) is 98.0 Å². The van der Waals surface area contributed by atoms with Gasteiger partial charge < -0.3 is 26.3 Å². The van der Waals surface area contributed by atoms with Crippen LogP contribution in [-0.2, 0) is 11.0 Å². The molecule has 1 aromatic heterocycles. The first-order chi connectivity index (χ1) is 18.5. The number of carbonyl (C=O) groups is 2. The van der Waals surface area contributed by atoms with Crippen molar-refractivity contribution in [3.63, 3.8) is 0 Å². The van der Waals surface area contributed by atoms with Crippen LogP contribution in [0, 0.1) is 12.7 Å². The zero-order valence-electron chi connectivity index (χ0n) is 20.3. The summed E-state index contributed by atoms with van der Waals surface area (Å²) in [6.07, 6.45) is -1.22. The monoisotopic (exact) mass is 535 g/mol. The van der Waals surface area contributed by atoms with E-state index in [1.165, 1.54) is 0 Å². The molecular formula is C28H21F4N5O2. The van der Waals surface area contributed by atoms with Crippen LogP contribution in [0.1, 0.15) is 22.4 Å². The van der Waals surface area contributed by atoms with E-state index in [2.05, 4.69) is 26.3 Å². The van der Waals surface area contributed by atoms with Gasteiger partial charge in [0.15, 0.2) is 0 Å². The number of alkyl halides is 3. The van der Waals surface area contributed by atoms with Crippen molar-refractivity contribution in [1.82, 2.24) is 4.98 Å². The fraction of sp³-hybridized carbons (Fsp3) is 0.0714. The molecule has 0 fully saturated rings. The van der Waals surface area contributed by atoms with Crippen molar-refractivity contribution in [2.45, 2.75) is 13.1 Å². The van der Waals surface area contributed by atoms with Crippen molar-refractivity contribution in [2.24, 2.45) is 0 Å². The lowest BCUT2D eigenvalue weighted by atomic mass is 10.1. The minimum absolute atomic E-state index is 0.217. The molecule has 5 rings (SSSR count). The number of fused-ring (bicyclic) bond motifs is 1. The number of benzene rings is 3. The molecule has 11 heteroatoms. The molecule has 5 N–H and O–H groups in total. The number of aromatic nitrogens is 1. The Hall–Kier alpha value is -5.06. The second-order valence-corrected chi connectivity index (χ2v) is 8.86. The lowest BCUT2D eigenvalue weighted by Gasteiger charge is -2.14. The molecule has 1 aliphatic heterocycles. The molecule has 0 radical (unpaired) electrons. The van der Waals surface area contributed by atoms with Crippen LogP contribution in [0.5, 0.6) is 0 Å². The van der Waals surface area contributed by atoms with Crippen LogP contribution in [-0.4, -0.2) is 16.9 Å². The minimum Gasteiger partial charge on any atom is -0.362 e. The summed E-state index contributed by atoms with van der Waals surface area (Å²) in [7, 11) is 0. The molecule has 0 saturated carbocycles. The molecule has 198 valence electrons. The van der Waals surface area contributed by atoms with Crippen molar-refractivity contribution in [1.29, 1.82) is 0 Å². The van der Waals surface area contributed by atoms with E-state index in [0.29, 0.717) is 40.5 Å². The van der Waals surface area contributed by atoms with Gasteiger partial charge >= 0.3 is 12.2 Å². The number of aromatic amines is 1. The lowest BCUT2D eigenvalue weighted by Crippen LogP contribution is -2.20. The quantitative estimate of drug-likeness (QED) is 0.136. The summed E-state index contributed by atoms with van der Waals surface area (Å²) in [5, 5.41) is 10.9. The molecule has 0 bridgehead atoms. The third-order valence-corrected chi connectivity index (χ3v) is 5.98. The van der Waals surface area contributed by atoms with Crippen molar-refractivity contribution >= 4 is 52.0 Å². The summed E-state index contributed by atoms with van der Waals surface area (Å²) in [5.74, 6) is -1.34. The van der Waals surface area contributed by atoms with Gasteiger partial charge in [-0.1, -0.05) is 12.1 Å². The molecule has 3 amide bonds. The number of rotatable bonds is 5. The highest BCUT2D eigenvalue weighted by Gasteiger charge is 2.31. The van der Waals surface area contributed by atoms with Crippen LogP contribution in [0.25, 0.3) is 11.6 Å². The predicted molar refractivity (Wildman–Crippen MR) is 142 cm³/mol. The average molecular weight is 536 g/mol. The van der Waals surface area contributed by atoms with Crippen molar-refractivity contribution in [3.05, 3.63) is 101 Å². The van der Waals surface area contributed by atoms with E-state index < -0.39 is 23.6 Å². The molecule has 1 aliphatic rings. The number of H-pyrrole nitrogens is 1. The lowest BCUT2D eigenvalue weighted by molar-refractivity contribution is -0.137. The van der Waals surface area contributed by atoms with E-state index in [1.54, 1.807) is 36.5 Å². The standard InChI is InChI=1S/C28H21F4N5O2/c1-15-4-5-20(35-27(39)36-21-10-16(28(30,31)32)9-17(29)11-21)13-24(15)34-19-6-7-22-23(12-18-3-2-8-33-18)26(38)37-25(22)14-19/h2-14,33-34H,1H3,(H,37,38)(H2,35,36,39). The Labute approximate surface area is 219 Å². The number of carbonyl (C=O) groups excluding carboxylic acids is 2. The van der Waals surface area contributed by atoms with Gasteiger partial charge in [-0.2, -0.15) is 13.2 Å². The number of amides is 3. The maximum absolute atomic E-state index is 13.6. The van der Waals surface area contributed by atoms with E-state index >= 15 is 0 Å². The molecular weight excluding hydrogens is 514 g/mol. The average Bonchev–Trinajstić information content (AvgIpc) is 3.48. The van der Waals surface area contributed by atoms with Crippen molar-refractivity contribution < 1.29 is 27.2 Å². The third kappa shape index (κ3) is 5.77. The van der Waals surface area contributed by atoms with Gasteiger partial charge in [-0.3, -0.25) is 4.79 Å². The maximum Gasteiger partial charge on any atom is 0.416 e. The molecule has 0 unspecified atom stereocenters. The Kier molecular flexibility index (Phi) is 6.57. The van der Waals surface area contributed by atoms with Gasteiger partial charge in [0.2, 0.25) is 0 Å². The molecule has 39 heavy (non-hydrogen) atoms. The molecule has 0 saturated heterocycles. The summed E-state index contributed by atoms with van der Waals surface area (Å²) >= 11 is 0. The summed E-state index contributed by atoms with van der Waals surface area (Å²) in [4.78, 5) is 28.0. The number of hydrogen-bond donors (Lipinski definition) is 5. The molecule has 4 aromatic rings. The van der Waals surface area contributed by atoms with Gasteiger partial charge in [0.05, 0.1) is 16.8 Å². The maximum atomic E-state index is 13.6. The van der Waals surface area contributed by atoms with Crippen molar-refractivity contribution in [3.8, 4) is 0 Å². The largest absolute Gasteiger partial charge is 0.416 e. The zero-order valence-corrected chi connectivity index (χ0v) is 20.3. The van der Waals surface area contributed by atoms with E-state index in [4.69, 9.17) is 0 Å². The summed E-state index contributed by atoms with van der Waals surface area (Å²) in [6, 6.07) is 15.1. The van der Waals surface area contributed by atoms with Gasteiger partial charge in [-0.15, -0.1) is 0 Å². The van der Waals surface area contributed by atoms with E-state index in [1.807, 2.05) is 31.2 Å². The van der Waals surface area contributed by atoms with Crippen LogP contribution in [0.2, 0.25) is 0 Å². The molecule has 7 nitrogen and oxygen atoms in total. The summed E-state index contributed by atoms with van der Waals surface area (Å²) in [6.45, 7) is 1.85. The first-order valence-electron chi connectivity index (χ1n) is 11.7. The van der Waals surface area contributed by atoms with E-state index in [-0.39, 0.29) is 11.6 Å². The van der Waals surface area contributed by atoms with Crippen LogP contribution < -0.4 is 21.3 Å². The first-order valence-corrected chi connectivity index (χ1v) is 11.7. The van der Waals surface area contributed by atoms with Gasteiger partial charge in [0.1, 0.15) is 5.82 Å². The Morgan fingerprint density at radius 2 is 1.69 bits per heavy atom. The SMILES string of the molecule is Cc1ccc(NC(=O)Nc2cc(F)cc(C(F)(F)F)c2)cc1Nc1ccc2c(c1)NC(=O)C2=Cc1ccc[nH]1. The Bertz CT molecular complexity index is 1610.